The van der Waals surface area contributed by atoms with Crippen LogP contribution in [0.4, 0.5) is 14.9 Å². The maximum Gasteiger partial charge on any atom is 0.410 e. The van der Waals surface area contributed by atoms with E-state index < -0.39 is 5.60 Å². The zero-order chi connectivity index (χ0) is 17.3. The molecular weight excluding hydrogens is 307 g/mol. The van der Waals surface area contributed by atoms with E-state index in [1.165, 1.54) is 6.07 Å². The average molecular weight is 330 g/mol. The van der Waals surface area contributed by atoms with E-state index in [-0.39, 0.29) is 11.9 Å². The van der Waals surface area contributed by atoms with Crippen LogP contribution in [0.25, 0.3) is 10.8 Å². The van der Waals surface area contributed by atoms with Crippen LogP contribution in [-0.2, 0) is 4.74 Å². The van der Waals surface area contributed by atoms with Crippen molar-refractivity contribution in [1.82, 2.24) is 4.90 Å². The summed E-state index contributed by atoms with van der Waals surface area (Å²) in [4.78, 5) is 16.1. The van der Waals surface area contributed by atoms with Gasteiger partial charge in [-0.25, -0.2) is 9.18 Å². The molecule has 0 spiro atoms. The van der Waals surface area contributed by atoms with Crippen LogP contribution in [0.15, 0.2) is 36.4 Å². The maximum absolute atomic E-state index is 13.6. The van der Waals surface area contributed by atoms with Crippen molar-refractivity contribution in [1.29, 1.82) is 0 Å². The second-order valence-corrected chi connectivity index (χ2v) is 7.10. The first-order valence-corrected chi connectivity index (χ1v) is 8.25. The van der Waals surface area contributed by atoms with Crippen molar-refractivity contribution < 1.29 is 13.9 Å². The third kappa shape index (κ3) is 3.61. The lowest BCUT2D eigenvalue weighted by Crippen LogP contribution is -2.50. The molecule has 0 unspecified atom stereocenters. The molecule has 5 heteroatoms. The van der Waals surface area contributed by atoms with Gasteiger partial charge in [-0.1, -0.05) is 18.2 Å². The first-order chi connectivity index (χ1) is 11.3. The molecule has 1 heterocycles. The number of nitrogens with zero attached hydrogens (tertiary/aromatic N) is 2. The maximum atomic E-state index is 13.6. The first kappa shape index (κ1) is 16.6. The van der Waals surface area contributed by atoms with E-state index in [1.54, 1.807) is 17.0 Å². The molecule has 1 fully saturated rings. The monoisotopic (exact) mass is 330 g/mol. The van der Waals surface area contributed by atoms with E-state index in [1.807, 2.05) is 39.0 Å². The molecule has 24 heavy (non-hydrogen) atoms. The van der Waals surface area contributed by atoms with E-state index in [9.17, 15) is 9.18 Å². The molecule has 4 nitrogen and oxygen atoms in total. The summed E-state index contributed by atoms with van der Waals surface area (Å²) in [5.74, 6) is -0.234. The first-order valence-electron chi connectivity index (χ1n) is 8.25. The summed E-state index contributed by atoms with van der Waals surface area (Å²) in [6, 6.07) is 10.8. The number of hydrogen-bond donors (Lipinski definition) is 0. The molecule has 2 aromatic carbocycles. The smallest absolute Gasteiger partial charge is 0.410 e. The Balaban J connectivity index is 1.73. The highest BCUT2D eigenvalue weighted by Crippen LogP contribution is 2.28. The number of halogens is 1. The highest BCUT2D eigenvalue weighted by Gasteiger charge is 2.26. The Kier molecular flexibility index (Phi) is 4.35. The van der Waals surface area contributed by atoms with Crippen LogP contribution < -0.4 is 4.90 Å². The molecule has 0 aromatic heterocycles. The third-order valence-electron chi connectivity index (χ3n) is 4.09. The number of anilines is 1. The normalized spacial score (nSPS) is 15.7. The number of rotatable bonds is 1. The van der Waals surface area contributed by atoms with Gasteiger partial charge in [-0.05, 0) is 44.4 Å². The summed E-state index contributed by atoms with van der Waals surface area (Å²) in [6.07, 6.45) is -0.272. The van der Waals surface area contributed by atoms with Crippen molar-refractivity contribution >= 4 is 22.6 Å². The molecule has 0 saturated carbocycles. The van der Waals surface area contributed by atoms with Gasteiger partial charge in [0.2, 0.25) is 0 Å². The molecular formula is C19H23FN2O2. The Morgan fingerprint density at radius 2 is 1.79 bits per heavy atom. The van der Waals surface area contributed by atoms with E-state index >= 15 is 0 Å². The molecule has 2 aromatic rings. The van der Waals surface area contributed by atoms with Gasteiger partial charge in [-0.2, -0.15) is 0 Å². The number of carbonyl (C=O) groups is 1. The van der Waals surface area contributed by atoms with Crippen molar-refractivity contribution in [2.24, 2.45) is 0 Å². The van der Waals surface area contributed by atoms with Gasteiger partial charge in [0.25, 0.3) is 0 Å². The predicted molar refractivity (Wildman–Crippen MR) is 93.9 cm³/mol. The molecule has 0 N–H and O–H groups in total. The molecule has 0 bridgehead atoms. The van der Waals surface area contributed by atoms with Crippen LogP contribution in [-0.4, -0.2) is 42.8 Å². The lowest BCUT2D eigenvalue weighted by atomic mass is 10.1. The van der Waals surface area contributed by atoms with E-state index in [2.05, 4.69) is 4.90 Å². The minimum atomic E-state index is -0.485. The van der Waals surface area contributed by atoms with Crippen molar-refractivity contribution in [2.75, 3.05) is 31.1 Å². The topological polar surface area (TPSA) is 32.8 Å². The minimum absolute atomic E-state index is 0.234. The second-order valence-electron chi connectivity index (χ2n) is 7.10. The molecule has 1 aliphatic heterocycles. The highest BCUT2D eigenvalue weighted by molar-refractivity contribution is 5.94. The van der Waals surface area contributed by atoms with Crippen LogP contribution >= 0.6 is 0 Å². The number of amides is 1. The van der Waals surface area contributed by atoms with Crippen LogP contribution in [0.2, 0.25) is 0 Å². The second kappa shape index (κ2) is 6.30. The quantitative estimate of drug-likeness (QED) is 0.791. The number of piperazine rings is 1. The van der Waals surface area contributed by atoms with Crippen LogP contribution in [0.1, 0.15) is 20.8 Å². The largest absolute Gasteiger partial charge is 0.444 e. The Labute approximate surface area is 141 Å². The number of carbonyl (C=O) groups excluding carboxylic acids is 1. The summed E-state index contributed by atoms with van der Waals surface area (Å²) >= 11 is 0. The van der Waals surface area contributed by atoms with Gasteiger partial charge in [-0.3, -0.25) is 0 Å². The number of benzene rings is 2. The van der Waals surface area contributed by atoms with Gasteiger partial charge in [-0.15, -0.1) is 0 Å². The molecule has 0 atom stereocenters. The van der Waals surface area contributed by atoms with Gasteiger partial charge in [0.05, 0.1) is 0 Å². The lowest BCUT2D eigenvalue weighted by Gasteiger charge is -2.37. The Morgan fingerprint density at radius 3 is 2.46 bits per heavy atom. The van der Waals surface area contributed by atoms with Crippen LogP contribution in [0.5, 0.6) is 0 Å². The fourth-order valence-corrected chi connectivity index (χ4v) is 2.96. The Hall–Kier alpha value is -2.30. The number of fused-ring (bicyclic) bond motifs is 1. The van der Waals surface area contributed by atoms with E-state index in [0.29, 0.717) is 26.2 Å². The average Bonchev–Trinajstić information content (AvgIpc) is 2.53. The molecule has 1 amide bonds. The van der Waals surface area contributed by atoms with Crippen molar-refractivity contribution in [3.05, 3.63) is 42.2 Å². The number of ether oxygens (including phenoxy) is 1. The van der Waals surface area contributed by atoms with Crippen molar-refractivity contribution in [3.63, 3.8) is 0 Å². The van der Waals surface area contributed by atoms with Crippen molar-refractivity contribution in [2.45, 2.75) is 26.4 Å². The zero-order valence-electron chi connectivity index (χ0n) is 14.4. The molecule has 0 radical (unpaired) electrons. The Bertz CT molecular complexity index is 747. The highest BCUT2D eigenvalue weighted by atomic mass is 19.1. The van der Waals surface area contributed by atoms with Gasteiger partial charge in [0, 0.05) is 37.3 Å². The molecule has 1 aliphatic rings. The van der Waals surface area contributed by atoms with E-state index in [0.717, 1.165) is 16.5 Å². The van der Waals surface area contributed by atoms with Crippen molar-refractivity contribution in [3.8, 4) is 0 Å². The Morgan fingerprint density at radius 1 is 1.08 bits per heavy atom. The predicted octanol–water partition coefficient (Wildman–Crippen LogP) is 4.04. The lowest BCUT2D eigenvalue weighted by molar-refractivity contribution is 0.0241. The van der Waals surface area contributed by atoms with Gasteiger partial charge in [0.1, 0.15) is 11.4 Å². The fraction of sp³-hybridized carbons (Fsp3) is 0.421. The molecule has 1 saturated heterocycles. The zero-order valence-corrected chi connectivity index (χ0v) is 14.4. The molecule has 0 aliphatic carbocycles. The van der Waals surface area contributed by atoms with Gasteiger partial charge >= 0.3 is 6.09 Å². The van der Waals surface area contributed by atoms with E-state index in [4.69, 9.17) is 4.74 Å². The third-order valence-corrected chi connectivity index (χ3v) is 4.09. The SMILES string of the molecule is CC(C)(C)OC(=O)N1CCN(c2cccc3ccc(F)cc23)CC1. The molecule has 3 rings (SSSR count). The van der Waals surface area contributed by atoms with Gasteiger partial charge in [0.15, 0.2) is 0 Å². The standard InChI is InChI=1S/C19H23FN2O2/c1-19(2,3)24-18(23)22-11-9-21(10-12-22)17-6-4-5-14-7-8-15(20)13-16(14)17/h4-8,13H,9-12H2,1-3H3. The molecule has 128 valence electrons. The van der Waals surface area contributed by atoms with Gasteiger partial charge < -0.3 is 14.5 Å². The van der Waals surface area contributed by atoms with Crippen LogP contribution in [0, 0.1) is 5.82 Å². The summed E-state index contributed by atoms with van der Waals surface area (Å²) < 4.78 is 19.0. The van der Waals surface area contributed by atoms with Crippen LogP contribution in [0.3, 0.4) is 0 Å². The minimum Gasteiger partial charge on any atom is -0.444 e. The summed E-state index contributed by atoms with van der Waals surface area (Å²) in [5, 5.41) is 1.92. The number of hydrogen-bond acceptors (Lipinski definition) is 3. The fourth-order valence-electron chi connectivity index (χ4n) is 2.96. The summed E-state index contributed by atoms with van der Waals surface area (Å²) in [6.45, 7) is 8.20. The summed E-state index contributed by atoms with van der Waals surface area (Å²) in [5.41, 5.74) is 0.525. The summed E-state index contributed by atoms with van der Waals surface area (Å²) in [7, 11) is 0.